The lowest BCUT2D eigenvalue weighted by Crippen LogP contribution is -2.14. The number of hydrogen-bond donors (Lipinski definition) is 0. The highest BCUT2D eigenvalue weighted by Crippen LogP contribution is 2.38. The number of carbonyl (C=O) groups is 2. The lowest BCUT2D eigenvalue weighted by atomic mass is 10.1. The summed E-state index contributed by atoms with van der Waals surface area (Å²) in [5, 5.41) is 0. The molecular formula is C50H29I7O4S2+2. The van der Waals surface area contributed by atoms with Crippen LogP contribution < -0.4 is 9.47 Å². The minimum absolute atomic E-state index is 0.360. The monoisotopic (exact) mass is 1650 g/mol. The molecular weight excluding hydrogens is 1620 g/mol. The van der Waals surface area contributed by atoms with Gasteiger partial charge in [0.05, 0.1) is 32.9 Å². The highest BCUT2D eigenvalue weighted by atomic mass is 127. The van der Waals surface area contributed by atoms with Crippen molar-refractivity contribution >= 4 is 192 Å². The molecule has 0 saturated heterocycles. The van der Waals surface area contributed by atoms with Gasteiger partial charge in [0.15, 0.2) is 29.4 Å². The van der Waals surface area contributed by atoms with Crippen LogP contribution in [0.4, 0.5) is 0 Å². The van der Waals surface area contributed by atoms with Gasteiger partial charge in [0.1, 0.15) is 11.5 Å². The molecule has 0 saturated carbocycles. The fourth-order valence-electron chi connectivity index (χ4n) is 6.61. The number of benzene rings is 8. The van der Waals surface area contributed by atoms with Crippen LogP contribution >= 0.6 is 158 Å². The van der Waals surface area contributed by atoms with Gasteiger partial charge in [0.2, 0.25) is 0 Å². The average Bonchev–Trinajstić information content (AvgIpc) is 3.29. The van der Waals surface area contributed by atoms with Crippen molar-refractivity contribution in [1.82, 2.24) is 0 Å². The molecule has 0 heterocycles. The summed E-state index contributed by atoms with van der Waals surface area (Å²) in [6, 6.07) is 60.6. The van der Waals surface area contributed by atoms with E-state index in [0.717, 1.165) is 45.9 Å². The summed E-state index contributed by atoms with van der Waals surface area (Å²) < 4.78 is 18.5. The summed E-state index contributed by atoms with van der Waals surface area (Å²) in [7, 11) is -0.889. The number of halogens is 7. The molecule has 2 unspecified atom stereocenters. The third kappa shape index (κ3) is 11.3. The van der Waals surface area contributed by atoms with Gasteiger partial charge in [-0.05, 0) is 272 Å². The molecule has 0 aliphatic heterocycles. The molecule has 0 N–H and O–H groups in total. The highest BCUT2D eigenvalue weighted by molar-refractivity contribution is 14.1. The van der Waals surface area contributed by atoms with Crippen molar-refractivity contribution in [3.63, 3.8) is 0 Å². The number of esters is 2. The Bertz CT molecular complexity index is 2950. The zero-order valence-electron chi connectivity index (χ0n) is 32.3. The minimum Gasteiger partial charge on any atom is -0.423 e. The van der Waals surface area contributed by atoms with E-state index in [1.807, 2.05) is 48.5 Å². The van der Waals surface area contributed by atoms with Gasteiger partial charge in [0, 0.05) is 37.1 Å². The fourth-order valence-corrected chi connectivity index (χ4v) is 16.7. The topological polar surface area (TPSA) is 52.6 Å². The van der Waals surface area contributed by atoms with Gasteiger partial charge in [-0.15, -0.1) is 0 Å². The van der Waals surface area contributed by atoms with E-state index in [1.165, 1.54) is 19.6 Å². The number of carbonyl (C=O) groups excluding carboxylic acids is 2. The number of rotatable bonds is 11. The lowest BCUT2D eigenvalue weighted by Gasteiger charge is -2.13. The van der Waals surface area contributed by atoms with Crippen molar-refractivity contribution < 1.29 is 19.1 Å². The van der Waals surface area contributed by atoms with Crippen LogP contribution in [0.5, 0.6) is 11.5 Å². The zero-order valence-corrected chi connectivity index (χ0v) is 49.1. The fraction of sp³-hybridized carbons (Fsp3) is 0. The summed E-state index contributed by atoms with van der Waals surface area (Å²) in [4.78, 5) is 33.8. The van der Waals surface area contributed by atoms with Gasteiger partial charge in [-0.1, -0.05) is 60.7 Å². The normalized spacial score (nSPS) is 12.0. The van der Waals surface area contributed by atoms with E-state index >= 15 is 0 Å². The van der Waals surface area contributed by atoms with E-state index < -0.39 is 21.8 Å². The van der Waals surface area contributed by atoms with Gasteiger partial charge in [-0.3, -0.25) is 0 Å². The molecule has 0 bridgehead atoms. The van der Waals surface area contributed by atoms with Crippen molar-refractivity contribution in [1.29, 1.82) is 0 Å². The first-order valence-electron chi connectivity index (χ1n) is 18.9. The largest absolute Gasteiger partial charge is 0.423 e. The van der Waals surface area contributed by atoms with Gasteiger partial charge in [-0.2, -0.15) is 0 Å². The van der Waals surface area contributed by atoms with Crippen molar-refractivity contribution in [3.05, 3.63) is 212 Å². The molecule has 0 aliphatic rings. The third-order valence-corrected chi connectivity index (χ3v) is 23.9. The molecule has 2 atom stereocenters. The van der Waals surface area contributed by atoms with Crippen LogP contribution in [0.25, 0.3) is 11.1 Å². The zero-order chi connectivity index (χ0) is 44.2. The molecule has 0 aliphatic carbocycles. The Hall–Kier alpha value is -1.49. The molecule has 13 heteroatoms. The molecule has 0 radical (unpaired) electrons. The van der Waals surface area contributed by atoms with Crippen LogP contribution in [0.15, 0.2) is 205 Å². The van der Waals surface area contributed by atoms with Gasteiger partial charge in [0.25, 0.3) is 0 Å². The SMILES string of the molecule is O=C(Oc1ccc([S+](c2ccccc2)c2cccc(-c3cccc([S+](c4ccccc4)c4ccc(OC(=O)c5c(I)c(I)cc(I)c5I)cc4)c3)c2)cc1)c1c(I)ccc(I)c1I. The second-order valence-electron chi connectivity index (χ2n) is 13.6. The Balaban J connectivity index is 1.09. The maximum absolute atomic E-state index is 13.5. The molecule has 63 heavy (non-hydrogen) atoms. The lowest BCUT2D eigenvalue weighted by molar-refractivity contribution is 0.0722. The van der Waals surface area contributed by atoms with E-state index in [2.05, 4.69) is 286 Å². The van der Waals surface area contributed by atoms with Gasteiger partial charge >= 0.3 is 11.9 Å². The first-order chi connectivity index (χ1) is 30.5. The van der Waals surface area contributed by atoms with E-state index in [9.17, 15) is 9.59 Å². The molecule has 0 aromatic heterocycles. The van der Waals surface area contributed by atoms with Crippen LogP contribution in [0.1, 0.15) is 20.7 Å². The Morgan fingerprint density at radius 3 is 1.14 bits per heavy atom. The maximum atomic E-state index is 13.5. The van der Waals surface area contributed by atoms with E-state index in [1.54, 1.807) is 0 Å². The average molecular weight is 1650 g/mol. The quantitative estimate of drug-likeness (QED) is 0.0426. The predicted octanol–water partition coefficient (Wildman–Crippen LogP) is 16.2. The molecule has 8 rings (SSSR count). The van der Waals surface area contributed by atoms with Crippen molar-refractivity contribution in [2.45, 2.75) is 29.4 Å². The van der Waals surface area contributed by atoms with Gasteiger partial charge < -0.3 is 9.47 Å². The summed E-state index contributed by atoms with van der Waals surface area (Å²) in [5.74, 6) is 0.281. The van der Waals surface area contributed by atoms with E-state index in [0.29, 0.717) is 22.6 Å². The molecule has 0 amide bonds. The summed E-state index contributed by atoms with van der Waals surface area (Å²) in [6.45, 7) is 0. The molecule has 4 nitrogen and oxygen atoms in total. The first-order valence-corrected chi connectivity index (χ1v) is 28.9. The molecule has 8 aromatic carbocycles. The van der Waals surface area contributed by atoms with E-state index in [4.69, 9.17) is 9.47 Å². The maximum Gasteiger partial charge on any atom is 0.345 e. The Labute approximate surface area is 467 Å². The van der Waals surface area contributed by atoms with Crippen molar-refractivity contribution in [3.8, 4) is 22.6 Å². The van der Waals surface area contributed by atoms with Crippen LogP contribution in [-0.2, 0) is 21.8 Å². The molecule has 312 valence electrons. The van der Waals surface area contributed by atoms with Crippen LogP contribution in [0.2, 0.25) is 0 Å². The third-order valence-electron chi connectivity index (χ3n) is 9.53. The number of hydrogen-bond acceptors (Lipinski definition) is 4. The molecule has 0 fully saturated rings. The number of ether oxygens (including phenoxy) is 2. The summed E-state index contributed by atoms with van der Waals surface area (Å²) in [6.07, 6.45) is 0. The predicted molar refractivity (Wildman–Crippen MR) is 314 cm³/mol. The second kappa shape index (κ2) is 22.1. The summed E-state index contributed by atoms with van der Waals surface area (Å²) in [5.41, 5.74) is 3.41. The summed E-state index contributed by atoms with van der Waals surface area (Å²) >= 11 is 15.6. The Kier molecular flexibility index (Phi) is 16.8. The highest BCUT2D eigenvalue weighted by Gasteiger charge is 2.32. The second-order valence-corrected chi connectivity index (χ2v) is 25.5. The van der Waals surface area contributed by atoms with Crippen LogP contribution in [-0.4, -0.2) is 11.9 Å². The Morgan fingerprint density at radius 2 is 0.698 bits per heavy atom. The Morgan fingerprint density at radius 1 is 0.333 bits per heavy atom. The van der Waals surface area contributed by atoms with Crippen molar-refractivity contribution in [2.24, 2.45) is 0 Å². The first kappa shape index (κ1) is 48.0. The van der Waals surface area contributed by atoms with Crippen molar-refractivity contribution in [2.75, 3.05) is 0 Å². The molecule has 8 aromatic rings. The minimum atomic E-state index is -0.446. The standard InChI is InChI=1S/C50H29I7O4S2/c51-40-25-26-41(52)46(55)44(40)49(58)60-32-17-21-36(22-18-32)62(34-11-3-1-4-12-34)38-15-7-9-30(27-38)31-10-8-16-39(28-31)63(35-13-5-2-6-14-35)37-23-19-33(20-24-37)61-50(59)45-47(56)42(53)29-43(54)48(45)57/h1-29H/q+2. The van der Waals surface area contributed by atoms with Gasteiger partial charge in [-0.25, -0.2) is 9.59 Å². The van der Waals surface area contributed by atoms with Crippen LogP contribution in [0.3, 0.4) is 0 Å². The van der Waals surface area contributed by atoms with E-state index in [-0.39, 0.29) is 11.9 Å². The molecule has 0 spiro atoms. The van der Waals surface area contributed by atoms with Crippen LogP contribution in [0, 0.1) is 25.0 Å². The smallest absolute Gasteiger partial charge is 0.345 e.